The number of halogens is 6. The van der Waals surface area contributed by atoms with Crippen molar-refractivity contribution in [2.45, 2.75) is 30.9 Å². The highest BCUT2D eigenvalue weighted by Crippen LogP contribution is 2.36. The van der Waals surface area contributed by atoms with Crippen LogP contribution in [0.3, 0.4) is 0 Å². The SMILES string of the molecule is O=C1NCCC(COCc2cc(C(F)(F)F)cc(C(F)(F)F)c2)(c2ccccc2)N1. The van der Waals surface area contributed by atoms with Crippen LogP contribution in [0.1, 0.15) is 28.7 Å². The number of alkyl halides is 6. The summed E-state index contributed by atoms with van der Waals surface area (Å²) >= 11 is 0. The molecule has 0 aliphatic carbocycles. The lowest BCUT2D eigenvalue weighted by Crippen LogP contribution is -2.58. The van der Waals surface area contributed by atoms with Crippen molar-refractivity contribution in [3.05, 3.63) is 70.8 Å². The van der Waals surface area contributed by atoms with Gasteiger partial charge in [-0.15, -0.1) is 0 Å². The Morgan fingerprint density at radius 3 is 2.07 bits per heavy atom. The maximum atomic E-state index is 13.0. The molecule has 0 bridgehead atoms. The molecule has 1 heterocycles. The maximum absolute atomic E-state index is 13.0. The molecule has 1 fully saturated rings. The molecule has 1 saturated heterocycles. The van der Waals surface area contributed by atoms with Crippen molar-refractivity contribution in [2.24, 2.45) is 0 Å². The molecule has 2 aromatic carbocycles. The molecule has 0 saturated carbocycles. The molecule has 3 rings (SSSR count). The number of amides is 2. The van der Waals surface area contributed by atoms with Crippen molar-refractivity contribution in [3.8, 4) is 0 Å². The van der Waals surface area contributed by atoms with E-state index in [-0.39, 0.29) is 18.2 Å². The van der Waals surface area contributed by atoms with Gasteiger partial charge in [-0.3, -0.25) is 0 Å². The van der Waals surface area contributed by atoms with Gasteiger partial charge in [0.2, 0.25) is 0 Å². The fourth-order valence-electron chi connectivity index (χ4n) is 3.32. The second-order valence-electron chi connectivity index (χ2n) is 6.99. The molecule has 2 aromatic rings. The van der Waals surface area contributed by atoms with Crippen LogP contribution in [-0.4, -0.2) is 19.2 Å². The third-order valence-electron chi connectivity index (χ3n) is 4.78. The molecule has 0 spiro atoms. The highest BCUT2D eigenvalue weighted by Gasteiger charge is 2.38. The number of urea groups is 1. The minimum Gasteiger partial charge on any atom is -0.374 e. The molecule has 1 aliphatic heterocycles. The Morgan fingerprint density at radius 2 is 1.53 bits per heavy atom. The average Bonchev–Trinajstić information content (AvgIpc) is 2.67. The minimum atomic E-state index is -4.93. The van der Waals surface area contributed by atoms with Crippen LogP contribution in [-0.2, 0) is 29.2 Å². The van der Waals surface area contributed by atoms with Crippen molar-refractivity contribution in [1.29, 1.82) is 0 Å². The van der Waals surface area contributed by atoms with E-state index in [1.807, 2.05) is 0 Å². The maximum Gasteiger partial charge on any atom is 0.416 e. The summed E-state index contributed by atoms with van der Waals surface area (Å²) in [4.78, 5) is 11.9. The summed E-state index contributed by atoms with van der Waals surface area (Å²) in [5.41, 5.74) is -3.29. The Morgan fingerprint density at radius 1 is 0.933 bits per heavy atom. The van der Waals surface area contributed by atoms with E-state index >= 15 is 0 Å². The van der Waals surface area contributed by atoms with E-state index in [1.165, 1.54) is 0 Å². The van der Waals surface area contributed by atoms with Gasteiger partial charge in [0, 0.05) is 6.54 Å². The number of benzene rings is 2. The monoisotopic (exact) mass is 432 g/mol. The van der Waals surface area contributed by atoms with Gasteiger partial charge in [0.15, 0.2) is 0 Å². The molecule has 30 heavy (non-hydrogen) atoms. The van der Waals surface area contributed by atoms with E-state index in [0.717, 1.165) is 5.56 Å². The average molecular weight is 432 g/mol. The first-order valence-electron chi connectivity index (χ1n) is 8.97. The highest BCUT2D eigenvalue weighted by atomic mass is 19.4. The van der Waals surface area contributed by atoms with Crippen molar-refractivity contribution in [2.75, 3.05) is 13.2 Å². The number of rotatable bonds is 5. The van der Waals surface area contributed by atoms with Crippen molar-refractivity contribution in [1.82, 2.24) is 10.6 Å². The molecule has 1 aliphatic rings. The Labute approximate surface area is 168 Å². The van der Waals surface area contributed by atoms with Gasteiger partial charge in [0.1, 0.15) is 0 Å². The van der Waals surface area contributed by atoms with Crippen LogP contribution in [0.4, 0.5) is 31.1 Å². The zero-order valence-corrected chi connectivity index (χ0v) is 15.5. The van der Waals surface area contributed by atoms with E-state index in [4.69, 9.17) is 4.74 Å². The summed E-state index contributed by atoms with van der Waals surface area (Å²) in [5.74, 6) is 0. The molecular weight excluding hydrogens is 414 g/mol. The first-order valence-corrected chi connectivity index (χ1v) is 8.97. The van der Waals surface area contributed by atoms with E-state index < -0.39 is 41.7 Å². The van der Waals surface area contributed by atoms with E-state index in [2.05, 4.69) is 10.6 Å². The lowest BCUT2D eigenvalue weighted by molar-refractivity contribution is -0.143. The van der Waals surface area contributed by atoms with Gasteiger partial charge in [-0.1, -0.05) is 30.3 Å². The van der Waals surface area contributed by atoms with Gasteiger partial charge in [-0.05, 0) is 35.7 Å². The van der Waals surface area contributed by atoms with Crippen LogP contribution >= 0.6 is 0 Å². The minimum absolute atomic E-state index is 0.0714. The Balaban J connectivity index is 1.82. The van der Waals surface area contributed by atoms with Crippen LogP contribution in [0.2, 0.25) is 0 Å². The lowest BCUT2D eigenvalue weighted by Gasteiger charge is -2.38. The quantitative estimate of drug-likeness (QED) is 0.665. The second-order valence-corrected chi connectivity index (χ2v) is 6.99. The molecule has 1 unspecified atom stereocenters. The smallest absolute Gasteiger partial charge is 0.374 e. The van der Waals surface area contributed by atoms with Crippen LogP contribution in [0.5, 0.6) is 0 Å². The van der Waals surface area contributed by atoms with Gasteiger partial charge >= 0.3 is 18.4 Å². The molecule has 10 heteroatoms. The standard InChI is InChI=1S/C20H18F6N2O2/c21-19(22,23)15-8-13(9-16(10-15)20(24,25)26)11-30-12-18(6-7-27-17(29)28-18)14-4-2-1-3-5-14/h1-5,8-10H,6-7,11-12H2,(H2,27,28,29). The van der Waals surface area contributed by atoms with Crippen LogP contribution < -0.4 is 10.6 Å². The third kappa shape index (κ3) is 5.05. The predicted octanol–water partition coefficient (Wildman–Crippen LogP) is 4.84. The zero-order valence-electron chi connectivity index (χ0n) is 15.5. The first-order chi connectivity index (χ1) is 14.0. The summed E-state index contributed by atoms with van der Waals surface area (Å²) in [6.07, 6.45) is -9.42. The summed E-state index contributed by atoms with van der Waals surface area (Å²) in [6.45, 7) is -0.265. The van der Waals surface area contributed by atoms with Gasteiger partial charge in [0.05, 0.1) is 29.9 Å². The lowest BCUT2D eigenvalue weighted by atomic mass is 9.86. The molecule has 162 valence electrons. The molecule has 1 atom stereocenters. The normalized spacial score (nSPS) is 19.9. The van der Waals surface area contributed by atoms with Crippen LogP contribution in [0.25, 0.3) is 0 Å². The summed E-state index contributed by atoms with van der Waals surface area (Å²) < 4.78 is 83.6. The van der Waals surface area contributed by atoms with E-state index in [9.17, 15) is 31.1 Å². The number of ether oxygens (including phenoxy) is 1. The summed E-state index contributed by atoms with van der Waals surface area (Å²) in [7, 11) is 0. The second kappa shape index (κ2) is 8.17. The number of carbonyl (C=O) groups excluding carboxylic acids is 1. The predicted molar refractivity (Wildman–Crippen MR) is 95.4 cm³/mol. The van der Waals surface area contributed by atoms with E-state index in [0.29, 0.717) is 25.1 Å². The van der Waals surface area contributed by atoms with Crippen LogP contribution in [0.15, 0.2) is 48.5 Å². The molecule has 0 radical (unpaired) electrons. The van der Waals surface area contributed by atoms with Crippen molar-refractivity contribution >= 4 is 6.03 Å². The number of hydrogen-bond donors (Lipinski definition) is 2. The zero-order chi connectivity index (χ0) is 22.0. The van der Waals surface area contributed by atoms with Crippen molar-refractivity contribution < 1.29 is 35.9 Å². The first kappa shape index (κ1) is 21.9. The molecule has 2 amide bonds. The highest BCUT2D eigenvalue weighted by molar-refractivity contribution is 5.76. The Kier molecular flexibility index (Phi) is 5.98. The fourth-order valence-corrected chi connectivity index (χ4v) is 3.32. The summed E-state index contributed by atoms with van der Waals surface area (Å²) in [5, 5.41) is 5.38. The fraction of sp³-hybridized carbons (Fsp3) is 0.350. The molecule has 4 nitrogen and oxygen atoms in total. The Hall–Kier alpha value is -2.75. The number of nitrogens with one attached hydrogen (secondary N) is 2. The largest absolute Gasteiger partial charge is 0.416 e. The van der Waals surface area contributed by atoms with Gasteiger partial charge in [-0.2, -0.15) is 26.3 Å². The van der Waals surface area contributed by atoms with Crippen LogP contribution in [0, 0.1) is 0 Å². The number of carbonyl (C=O) groups is 1. The molecule has 0 aromatic heterocycles. The van der Waals surface area contributed by atoms with E-state index in [1.54, 1.807) is 30.3 Å². The topological polar surface area (TPSA) is 50.4 Å². The molecule has 2 N–H and O–H groups in total. The van der Waals surface area contributed by atoms with Crippen molar-refractivity contribution in [3.63, 3.8) is 0 Å². The van der Waals surface area contributed by atoms with Gasteiger partial charge < -0.3 is 15.4 Å². The van der Waals surface area contributed by atoms with Gasteiger partial charge in [0.25, 0.3) is 0 Å². The Bertz CT molecular complexity index is 866. The molecular formula is C20H18F6N2O2. The third-order valence-corrected chi connectivity index (χ3v) is 4.78. The number of hydrogen-bond acceptors (Lipinski definition) is 2. The van der Waals surface area contributed by atoms with Gasteiger partial charge in [-0.25, -0.2) is 4.79 Å². The summed E-state index contributed by atoms with van der Waals surface area (Å²) in [6, 6.07) is 9.72.